The number of rotatable bonds is 4. The van der Waals surface area contributed by atoms with Gasteiger partial charge in [0, 0.05) is 5.69 Å². The standard InChI is InChI=1S/C16H16NO2/c1-2-13-8-10-15(11-9-13)17-16(18)19-12-14-6-4-3-5-7-14/h3-11H,1-2,12H2,(H,17,18). The van der Waals surface area contributed by atoms with Gasteiger partial charge in [-0.1, -0.05) is 42.5 Å². The Labute approximate surface area is 113 Å². The summed E-state index contributed by atoms with van der Waals surface area (Å²) in [6.07, 6.45) is 0.282. The average Bonchev–Trinajstić information content (AvgIpc) is 2.47. The van der Waals surface area contributed by atoms with Crippen LogP contribution in [0.15, 0.2) is 54.6 Å². The second-order valence-corrected chi connectivity index (χ2v) is 4.13. The zero-order valence-electron chi connectivity index (χ0n) is 10.6. The van der Waals surface area contributed by atoms with Gasteiger partial charge in [0.15, 0.2) is 0 Å². The second-order valence-electron chi connectivity index (χ2n) is 4.13. The van der Waals surface area contributed by atoms with E-state index >= 15 is 0 Å². The van der Waals surface area contributed by atoms with Crippen LogP contribution in [0.1, 0.15) is 11.1 Å². The molecule has 0 atom stereocenters. The molecule has 3 nitrogen and oxygen atoms in total. The molecule has 0 fully saturated rings. The summed E-state index contributed by atoms with van der Waals surface area (Å²) < 4.78 is 5.13. The SMILES string of the molecule is [CH2]Cc1ccc(NC(=O)OCc2ccccc2)cc1. The van der Waals surface area contributed by atoms with Gasteiger partial charge in [-0.15, -0.1) is 0 Å². The fourth-order valence-electron chi connectivity index (χ4n) is 1.63. The van der Waals surface area contributed by atoms with Crippen molar-refractivity contribution in [3.63, 3.8) is 0 Å². The minimum Gasteiger partial charge on any atom is -0.444 e. The van der Waals surface area contributed by atoms with E-state index in [1.54, 1.807) is 0 Å². The Bertz CT molecular complexity index is 520. The molecule has 1 radical (unpaired) electrons. The molecule has 0 saturated heterocycles. The lowest BCUT2D eigenvalue weighted by Crippen LogP contribution is -2.13. The Kier molecular flexibility index (Phi) is 4.56. The van der Waals surface area contributed by atoms with E-state index in [-0.39, 0.29) is 6.61 Å². The van der Waals surface area contributed by atoms with Crippen molar-refractivity contribution in [1.82, 2.24) is 0 Å². The number of carbonyl (C=O) groups is 1. The van der Waals surface area contributed by atoms with Gasteiger partial charge in [0.25, 0.3) is 0 Å². The molecule has 2 aromatic rings. The van der Waals surface area contributed by atoms with Crippen molar-refractivity contribution in [3.8, 4) is 0 Å². The predicted molar refractivity (Wildman–Crippen MR) is 75.8 cm³/mol. The molecule has 3 heteroatoms. The van der Waals surface area contributed by atoms with E-state index in [1.165, 1.54) is 0 Å². The van der Waals surface area contributed by atoms with E-state index in [4.69, 9.17) is 4.74 Å². The molecule has 0 bridgehead atoms. The van der Waals surface area contributed by atoms with Crippen LogP contribution in [0.3, 0.4) is 0 Å². The van der Waals surface area contributed by atoms with Crippen LogP contribution in [-0.4, -0.2) is 6.09 Å². The number of amides is 1. The fourth-order valence-corrected chi connectivity index (χ4v) is 1.63. The lowest BCUT2D eigenvalue weighted by atomic mass is 10.1. The average molecular weight is 254 g/mol. The van der Waals surface area contributed by atoms with Crippen molar-refractivity contribution in [1.29, 1.82) is 0 Å². The largest absolute Gasteiger partial charge is 0.444 e. The van der Waals surface area contributed by atoms with Crippen LogP contribution < -0.4 is 5.32 Å². The molecule has 0 aliphatic carbocycles. The van der Waals surface area contributed by atoms with Gasteiger partial charge in [-0.2, -0.15) is 0 Å². The first kappa shape index (κ1) is 13.1. The maximum atomic E-state index is 11.6. The Morgan fingerprint density at radius 3 is 2.32 bits per heavy atom. The molecule has 0 heterocycles. The van der Waals surface area contributed by atoms with E-state index in [1.807, 2.05) is 54.6 Å². The third kappa shape index (κ3) is 4.14. The first-order valence-electron chi connectivity index (χ1n) is 6.14. The number of hydrogen-bond acceptors (Lipinski definition) is 2. The molecule has 0 spiro atoms. The van der Waals surface area contributed by atoms with Gasteiger partial charge >= 0.3 is 6.09 Å². The third-order valence-corrected chi connectivity index (χ3v) is 2.70. The van der Waals surface area contributed by atoms with Crippen LogP contribution in [-0.2, 0) is 17.8 Å². The second kappa shape index (κ2) is 6.59. The minimum absolute atomic E-state index is 0.267. The molecule has 1 amide bonds. The summed E-state index contributed by atoms with van der Waals surface area (Å²) in [5.41, 5.74) is 2.81. The summed E-state index contributed by atoms with van der Waals surface area (Å²) >= 11 is 0. The molecular weight excluding hydrogens is 238 g/mol. The van der Waals surface area contributed by atoms with Crippen molar-refractivity contribution in [2.24, 2.45) is 0 Å². The van der Waals surface area contributed by atoms with E-state index in [9.17, 15) is 4.79 Å². The molecule has 2 rings (SSSR count). The summed E-state index contributed by atoms with van der Waals surface area (Å²) in [6.45, 7) is 4.07. The van der Waals surface area contributed by atoms with Crippen LogP contribution in [0.5, 0.6) is 0 Å². The van der Waals surface area contributed by atoms with Gasteiger partial charge in [0.1, 0.15) is 6.61 Å². The summed E-state index contributed by atoms with van der Waals surface area (Å²) in [6, 6.07) is 17.1. The van der Waals surface area contributed by atoms with Crippen molar-refractivity contribution in [2.45, 2.75) is 13.0 Å². The molecule has 1 N–H and O–H groups in total. The normalized spacial score (nSPS) is 9.95. The summed E-state index contributed by atoms with van der Waals surface area (Å²) in [4.78, 5) is 11.6. The Balaban J connectivity index is 1.83. The van der Waals surface area contributed by atoms with Gasteiger partial charge in [-0.3, -0.25) is 5.32 Å². The third-order valence-electron chi connectivity index (χ3n) is 2.70. The lowest BCUT2D eigenvalue weighted by molar-refractivity contribution is 0.155. The molecule has 97 valence electrons. The van der Waals surface area contributed by atoms with Crippen molar-refractivity contribution >= 4 is 11.8 Å². The van der Waals surface area contributed by atoms with E-state index < -0.39 is 6.09 Å². The van der Waals surface area contributed by atoms with E-state index in [0.29, 0.717) is 0 Å². The van der Waals surface area contributed by atoms with Crippen molar-refractivity contribution in [2.75, 3.05) is 5.32 Å². The Morgan fingerprint density at radius 2 is 1.68 bits per heavy atom. The van der Waals surface area contributed by atoms with Gasteiger partial charge in [-0.05, 0) is 36.6 Å². The number of carbonyl (C=O) groups excluding carboxylic acids is 1. The number of hydrogen-bond donors (Lipinski definition) is 1. The first-order chi connectivity index (χ1) is 9.28. The van der Waals surface area contributed by atoms with Crippen LogP contribution in [0, 0.1) is 6.92 Å². The summed E-state index contributed by atoms with van der Waals surface area (Å²) in [7, 11) is 0. The molecule has 0 saturated carbocycles. The lowest BCUT2D eigenvalue weighted by Gasteiger charge is -2.07. The Morgan fingerprint density at radius 1 is 1.00 bits per heavy atom. The smallest absolute Gasteiger partial charge is 0.411 e. The number of nitrogens with one attached hydrogen (secondary N) is 1. The highest BCUT2D eigenvalue weighted by atomic mass is 16.5. The zero-order chi connectivity index (χ0) is 13.5. The van der Waals surface area contributed by atoms with Crippen molar-refractivity contribution in [3.05, 3.63) is 72.6 Å². The number of anilines is 1. The van der Waals surface area contributed by atoms with E-state index in [0.717, 1.165) is 23.2 Å². The summed E-state index contributed by atoms with van der Waals surface area (Å²) in [5, 5.41) is 2.68. The van der Waals surface area contributed by atoms with Crippen LogP contribution >= 0.6 is 0 Å². The molecule has 0 aliphatic heterocycles. The minimum atomic E-state index is -0.453. The van der Waals surface area contributed by atoms with Crippen molar-refractivity contribution < 1.29 is 9.53 Å². The van der Waals surface area contributed by atoms with Crippen LogP contribution in [0.2, 0.25) is 0 Å². The Hall–Kier alpha value is -2.29. The highest BCUT2D eigenvalue weighted by molar-refractivity contribution is 5.84. The highest BCUT2D eigenvalue weighted by Gasteiger charge is 2.03. The van der Waals surface area contributed by atoms with E-state index in [2.05, 4.69) is 12.2 Å². The highest BCUT2D eigenvalue weighted by Crippen LogP contribution is 2.10. The number of ether oxygens (including phenoxy) is 1. The monoisotopic (exact) mass is 254 g/mol. The zero-order valence-corrected chi connectivity index (χ0v) is 10.6. The molecule has 0 unspecified atom stereocenters. The van der Waals surface area contributed by atoms with Gasteiger partial charge < -0.3 is 4.74 Å². The summed E-state index contributed by atoms with van der Waals surface area (Å²) in [5.74, 6) is 0. The molecule has 0 aliphatic rings. The molecular formula is C16H16NO2. The molecule has 2 aromatic carbocycles. The topological polar surface area (TPSA) is 38.3 Å². The maximum Gasteiger partial charge on any atom is 0.411 e. The van der Waals surface area contributed by atoms with Gasteiger partial charge in [0.2, 0.25) is 0 Å². The van der Waals surface area contributed by atoms with Crippen LogP contribution in [0.25, 0.3) is 0 Å². The quantitative estimate of drug-likeness (QED) is 0.901. The number of benzene rings is 2. The fraction of sp³-hybridized carbons (Fsp3) is 0.125. The van der Waals surface area contributed by atoms with Crippen LogP contribution in [0.4, 0.5) is 10.5 Å². The first-order valence-corrected chi connectivity index (χ1v) is 6.14. The predicted octanol–water partition coefficient (Wildman–Crippen LogP) is 3.81. The molecule has 0 aromatic heterocycles. The van der Waals surface area contributed by atoms with Gasteiger partial charge in [-0.25, -0.2) is 4.79 Å². The van der Waals surface area contributed by atoms with Gasteiger partial charge in [0.05, 0.1) is 0 Å². The maximum absolute atomic E-state index is 11.6. The molecule has 19 heavy (non-hydrogen) atoms.